The fourth-order valence-electron chi connectivity index (χ4n) is 5.36. The summed E-state index contributed by atoms with van der Waals surface area (Å²) in [5, 5.41) is 4.08. The average Bonchev–Trinajstić information content (AvgIpc) is 3.48. The van der Waals surface area contributed by atoms with Gasteiger partial charge in [-0.05, 0) is 43.1 Å². The number of benzene rings is 1. The van der Waals surface area contributed by atoms with Crippen molar-refractivity contribution >= 4 is 11.8 Å². The molecule has 9 heteroatoms. The summed E-state index contributed by atoms with van der Waals surface area (Å²) in [7, 11) is 0. The van der Waals surface area contributed by atoms with Crippen molar-refractivity contribution in [3.05, 3.63) is 41.0 Å². The van der Waals surface area contributed by atoms with Crippen LogP contribution in [0.4, 0.5) is 10.4 Å². The van der Waals surface area contributed by atoms with Crippen LogP contribution in [0.25, 0.3) is 0 Å². The summed E-state index contributed by atoms with van der Waals surface area (Å²) in [6.45, 7) is 9.95. The third kappa shape index (κ3) is 6.12. The van der Waals surface area contributed by atoms with Gasteiger partial charge in [0, 0.05) is 43.2 Å². The molecule has 5 rings (SSSR count). The third-order valence-corrected chi connectivity index (χ3v) is 7.78. The molecule has 36 heavy (non-hydrogen) atoms. The molecule has 196 valence electrons. The minimum atomic E-state index is -0.371. The minimum absolute atomic E-state index is 0.0606. The first-order valence-electron chi connectivity index (χ1n) is 13.3. The predicted molar refractivity (Wildman–Crippen MR) is 133 cm³/mol. The van der Waals surface area contributed by atoms with Crippen LogP contribution >= 0.6 is 0 Å². The van der Waals surface area contributed by atoms with E-state index >= 15 is 0 Å². The first kappa shape index (κ1) is 25.3. The molecule has 2 aromatic rings. The lowest BCUT2D eigenvalue weighted by Crippen LogP contribution is -2.39. The van der Waals surface area contributed by atoms with Crippen molar-refractivity contribution in [2.75, 3.05) is 57.4 Å². The second kappa shape index (κ2) is 11.4. The Kier molecular flexibility index (Phi) is 7.98. The number of halogens is 1. The first-order valence-corrected chi connectivity index (χ1v) is 13.3. The van der Waals surface area contributed by atoms with E-state index in [0.717, 1.165) is 44.8 Å². The number of carbonyl (C=O) groups is 1. The largest absolute Gasteiger partial charge is 0.379 e. The summed E-state index contributed by atoms with van der Waals surface area (Å²) in [4.78, 5) is 21.3. The third-order valence-electron chi connectivity index (χ3n) is 7.78. The number of hydrogen-bond donors (Lipinski definition) is 0. The van der Waals surface area contributed by atoms with E-state index in [2.05, 4.69) is 28.9 Å². The highest BCUT2D eigenvalue weighted by molar-refractivity contribution is 5.97. The number of anilines is 1. The zero-order valence-corrected chi connectivity index (χ0v) is 21.3. The van der Waals surface area contributed by atoms with E-state index in [0.29, 0.717) is 61.3 Å². The molecule has 0 N–H and O–H groups in total. The monoisotopic (exact) mass is 500 g/mol. The highest BCUT2D eigenvalue weighted by Crippen LogP contribution is 2.48. The maximum Gasteiger partial charge on any atom is 0.324 e. The predicted octanol–water partition coefficient (Wildman–Crippen LogP) is 3.92. The number of morpholine rings is 1. The van der Waals surface area contributed by atoms with Crippen molar-refractivity contribution in [3.63, 3.8) is 0 Å². The minimum Gasteiger partial charge on any atom is -0.379 e. The molecule has 2 atom stereocenters. The van der Waals surface area contributed by atoms with E-state index in [9.17, 15) is 9.18 Å². The Morgan fingerprint density at radius 2 is 1.97 bits per heavy atom. The van der Waals surface area contributed by atoms with Crippen molar-refractivity contribution < 1.29 is 23.2 Å². The molecular weight excluding hydrogens is 463 g/mol. The second-order valence-corrected chi connectivity index (χ2v) is 10.7. The quantitative estimate of drug-likeness (QED) is 0.454. The van der Waals surface area contributed by atoms with Crippen LogP contribution in [0.3, 0.4) is 0 Å². The van der Waals surface area contributed by atoms with Gasteiger partial charge in [-0.25, -0.2) is 4.39 Å². The van der Waals surface area contributed by atoms with Crippen molar-refractivity contribution in [1.29, 1.82) is 0 Å². The van der Waals surface area contributed by atoms with Crippen LogP contribution in [-0.2, 0) is 16.1 Å². The Morgan fingerprint density at radius 3 is 2.67 bits per heavy atom. The fourth-order valence-corrected chi connectivity index (χ4v) is 5.36. The highest BCUT2D eigenvalue weighted by Gasteiger charge is 2.44. The van der Waals surface area contributed by atoms with Gasteiger partial charge in [0.05, 0.1) is 33.0 Å². The molecular formula is C27H37FN4O4. The molecule has 0 unspecified atom stereocenters. The maximum atomic E-state index is 14.6. The lowest BCUT2D eigenvalue weighted by Gasteiger charge is -2.30. The molecule has 0 amide bonds. The second-order valence-electron chi connectivity index (χ2n) is 10.7. The van der Waals surface area contributed by atoms with E-state index in [1.807, 2.05) is 4.90 Å². The number of carbonyl (C=O) groups excluding carboxylic acids is 1. The summed E-state index contributed by atoms with van der Waals surface area (Å²) in [5.41, 5.74) is 0.918. The van der Waals surface area contributed by atoms with Crippen LogP contribution < -0.4 is 4.90 Å². The number of aromatic nitrogens is 2. The van der Waals surface area contributed by atoms with Gasteiger partial charge in [-0.15, -0.1) is 0 Å². The molecule has 0 radical (unpaired) electrons. The Labute approximate surface area is 212 Å². The summed E-state index contributed by atoms with van der Waals surface area (Å²) < 4.78 is 31.3. The number of Topliss-reactive ketones (excluding diaryl/α,β-unsaturated/α-hetero) is 1. The number of nitrogens with zero attached hydrogens (tertiary/aromatic N) is 4. The fraction of sp³-hybridized carbons (Fsp3) is 0.667. The van der Waals surface area contributed by atoms with Crippen molar-refractivity contribution in [2.45, 2.75) is 45.6 Å². The Morgan fingerprint density at radius 1 is 1.19 bits per heavy atom. The van der Waals surface area contributed by atoms with E-state index in [1.54, 1.807) is 12.1 Å². The van der Waals surface area contributed by atoms with Crippen LogP contribution in [0.2, 0.25) is 0 Å². The summed E-state index contributed by atoms with van der Waals surface area (Å²) in [5.74, 6) is 2.52. The van der Waals surface area contributed by atoms with Crippen LogP contribution in [0.1, 0.15) is 60.8 Å². The standard InChI is InChI=1S/C27H37FN4O4/c1-18(2)26-29-27(36-30-26)32-7-5-19(6-8-32)23-13-22(23)17-35-16-21-4-3-20(14-24(21)28)25(33)15-31-9-11-34-12-10-31/h3-4,14,18-19,22-23H,5-13,15-17H2,1-2H3/t22-,23+/m0/s1. The van der Waals surface area contributed by atoms with Gasteiger partial charge in [0.2, 0.25) is 0 Å². The normalized spacial score (nSPS) is 23.4. The lowest BCUT2D eigenvalue weighted by atomic mass is 9.91. The van der Waals surface area contributed by atoms with Crippen LogP contribution in [0, 0.1) is 23.6 Å². The van der Waals surface area contributed by atoms with Gasteiger partial charge in [-0.1, -0.05) is 31.1 Å². The van der Waals surface area contributed by atoms with Crippen molar-refractivity contribution in [1.82, 2.24) is 15.0 Å². The van der Waals surface area contributed by atoms with Crippen molar-refractivity contribution in [2.24, 2.45) is 17.8 Å². The lowest BCUT2D eigenvalue weighted by molar-refractivity contribution is 0.0371. The van der Waals surface area contributed by atoms with E-state index in [1.165, 1.54) is 12.5 Å². The zero-order chi connectivity index (χ0) is 25.1. The Balaban J connectivity index is 1.02. The molecule has 0 spiro atoms. The van der Waals surface area contributed by atoms with Gasteiger partial charge in [0.1, 0.15) is 5.82 Å². The van der Waals surface area contributed by atoms with Gasteiger partial charge in [0.15, 0.2) is 11.6 Å². The summed E-state index contributed by atoms with van der Waals surface area (Å²) in [6, 6.07) is 5.39. The van der Waals surface area contributed by atoms with E-state index < -0.39 is 0 Å². The Hall–Kier alpha value is -2.36. The van der Waals surface area contributed by atoms with Crippen LogP contribution in [0.15, 0.2) is 22.7 Å². The van der Waals surface area contributed by atoms with Gasteiger partial charge in [0.25, 0.3) is 0 Å². The van der Waals surface area contributed by atoms with Gasteiger partial charge in [-0.3, -0.25) is 9.69 Å². The number of hydrogen-bond acceptors (Lipinski definition) is 8. The van der Waals surface area contributed by atoms with Crippen LogP contribution in [-0.4, -0.2) is 73.4 Å². The molecule has 3 aliphatic rings. The molecule has 1 aromatic heterocycles. The molecule has 1 aromatic carbocycles. The maximum absolute atomic E-state index is 14.6. The molecule has 2 saturated heterocycles. The van der Waals surface area contributed by atoms with Crippen LogP contribution in [0.5, 0.6) is 0 Å². The summed E-state index contributed by atoms with van der Waals surface area (Å²) >= 11 is 0. The zero-order valence-electron chi connectivity index (χ0n) is 21.3. The summed E-state index contributed by atoms with van der Waals surface area (Å²) in [6.07, 6.45) is 3.42. The van der Waals surface area contributed by atoms with Gasteiger partial charge >= 0.3 is 6.01 Å². The first-order chi connectivity index (χ1) is 17.5. The van der Waals surface area contributed by atoms with Gasteiger partial charge in [-0.2, -0.15) is 4.98 Å². The Bertz CT molecular complexity index is 1030. The number of rotatable bonds is 10. The highest BCUT2D eigenvalue weighted by atomic mass is 19.1. The van der Waals surface area contributed by atoms with Gasteiger partial charge < -0.3 is 18.9 Å². The average molecular weight is 501 g/mol. The molecule has 1 saturated carbocycles. The molecule has 2 aliphatic heterocycles. The number of ketones is 1. The molecule has 3 heterocycles. The topological polar surface area (TPSA) is 80.9 Å². The smallest absolute Gasteiger partial charge is 0.324 e. The SMILES string of the molecule is CC(C)c1noc(N2CCC([C@H]3C[C@H]3COCc3ccc(C(=O)CN4CCOCC4)cc3F)CC2)n1. The van der Waals surface area contributed by atoms with E-state index in [4.69, 9.17) is 14.0 Å². The number of piperidine rings is 1. The van der Waals surface area contributed by atoms with E-state index in [-0.39, 0.29) is 24.1 Å². The van der Waals surface area contributed by atoms with Crippen molar-refractivity contribution in [3.8, 4) is 0 Å². The molecule has 3 fully saturated rings. The molecule has 8 nitrogen and oxygen atoms in total. The molecule has 0 bridgehead atoms. The molecule has 1 aliphatic carbocycles. The number of ether oxygens (including phenoxy) is 2.